The molecule has 1 aliphatic carbocycles. The van der Waals surface area contributed by atoms with E-state index in [1.807, 2.05) is 6.92 Å². The molecule has 2 rings (SSSR count). The molecular formula is C14H21N3O3S. The van der Waals surface area contributed by atoms with Crippen molar-refractivity contribution in [3.8, 4) is 0 Å². The lowest BCUT2D eigenvalue weighted by Gasteiger charge is -2.29. The Morgan fingerprint density at radius 1 is 1.38 bits per heavy atom. The van der Waals surface area contributed by atoms with E-state index in [1.54, 1.807) is 0 Å². The molecule has 1 aliphatic rings. The minimum absolute atomic E-state index is 0.196. The van der Waals surface area contributed by atoms with E-state index in [4.69, 9.17) is 4.74 Å². The Balaban J connectivity index is 1.79. The zero-order valence-corrected chi connectivity index (χ0v) is 13.2. The Kier molecular flexibility index (Phi) is 5.67. The van der Waals surface area contributed by atoms with Gasteiger partial charge in [-0.05, 0) is 36.7 Å². The highest BCUT2D eigenvalue weighted by Crippen LogP contribution is 2.23. The molecule has 21 heavy (non-hydrogen) atoms. The van der Waals surface area contributed by atoms with Crippen molar-refractivity contribution in [2.45, 2.75) is 52.0 Å². The maximum absolute atomic E-state index is 11.9. The van der Waals surface area contributed by atoms with Gasteiger partial charge in [0.15, 0.2) is 11.5 Å². The number of rotatable bonds is 5. The van der Waals surface area contributed by atoms with Crippen molar-refractivity contribution in [2.75, 3.05) is 6.61 Å². The third-order valence-electron chi connectivity index (χ3n) is 3.87. The van der Waals surface area contributed by atoms with Gasteiger partial charge in [-0.3, -0.25) is 4.79 Å². The normalized spacial score (nSPS) is 21.8. The number of hydrogen-bond acceptors (Lipinski definition) is 6. The van der Waals surface area contributed by atoms with E-state index >= 15 is 0 Å². The van der Waals surface area contributed by atoms with Crippen molar-refractivity contribution in [3.63, 3.8) is 0 Å². The molecule has 0 spiro atoms. The molecule has 1 aromatic heterocycles. The lowest BCUT2D eigenvalue weighted by atomic mass is 9.86. The molecule has 0 unspecified atom stereocenters. The average Bonchev–Trinajstić information content (AvgIpc) is 2.96. The standard InChI is InChI=1S/C14H21N3O3S/c1-3-10-13(21-17-16-10)14(19)20-8-12(18)15-11-7-5-4-6-9(11)2/h9,11H,3-8H2,1-2H3,(H,15,18)/t9-,11+/m0/s1. The fraction of sp³-hybridized carbons (Fsp3) is 0.714. The van der Waals surface area contributed by atoms with Crippen LogP contribution in [0, 0.1) is 5.92 Å². The van der Waals surface area contributed by atoms with E-state index in [1.165, 1.54) is 6.42 Å². The zero-order chi connectivity index (χ0) is 15.2. The van der Waals surface area contributed by atoms with Crippen LogP contribution in [0.1, 0.15) is 54.9 Å². The number of esters is 1. The molecule has 0 aromatic carbocycles. The lowest BCUT2D eigenvalue weighted by Crippen LogP contribution is -2.42. The topological polar surface area (TPSA) is 81.2 Å². The maximum Gasteiger partial charge on any atom is 0.352 e. The summed E-state index contributed by atoms with van der Waals surface area (Å²) in [5, 5.41) is 6.81. The molecule has 1 N–H and O–H groups in total. The van der Waals surface area contributed by atoms with Crippen molar-refractivity contribution in [1.82, 2.24) is 14.9 Å². The molecule has 0 radical (unpaired) electrons. The van der Waals surface area contributed by atoms with E-state index in [2.05, 4.69) is 21.8 Å². The van der Waals surface area contributed by atoms with Gasteiger partial charge in [0.05, 0.1) is 5.69 Å². The largest absolute Gasteiger partial charge is 0.451 e. The number of aromatic nitrogens is 2. The summed E-state index contributed by atoms with van der Waals surface area (Å²) in [7, 11) is 0. The van der Waals surface area contributed by atoms with Gasteiger partial charge < -0.3 is 10.1 Å². The first-order valence-electron chi connectivity index (χ1n) is 7.39. The highest BCUT2D eigenvalue weighted by Gasteiger charge is 2.23. The molecule has 1 aromatic rings. The van der Waals surface area contributed by atoms with Crippen LogP contribution in [0.3, 0.4) is 0 Å². The predicted octanol–water partition coefficient (Wildman–Crippen LogP) is 1.95. The second kappa shape index (κ2) is 7.49. The second-order valence-electron chi connectivity index (χ2n) is 5.41. The number of nitrogens with one attached hydrogen (secondary N) is 1. The van der Waals surface area contributed by atoms with Crippen molar-refractivity contribution in [3.05, 3.63) is 10.6 Å². The molecule has 1 amide bonds. The third-order valence-corrected chi connectivity index (χ3v) is 4.62. The lowest BCUT2D eigenvalue weighted by molar-refractivity contribution is -0.125. The first-order chi connectivity index (χ1) is 10.1. The minimum atomic E-state index is -0.520. The van der Waals surface area contributed by atoms with Crippen LogP contribution in [0.25, 0.3) is 0 Å². The van der Waals surface area contributed by atoms with Gasteiger partial charge in [-0.2, -0.15) is 0 Å². The fourth-order valence-electron chi connectivity index (χ4n) is 2.57. The van der Waals surface area contributed by atoms with Crippen LogP contribution in [0.15, 0.2) is 0 Å². The van der Waals surface area contributed by atoms with E-state index in [0.717, 1.165) is 30.8 Å². The Morgan fingerprint density at radius 2 is 2.14 bits per heavy atom. The highest BCUT2D eigenvalue weighted by molar-refractivity contribution is 7.07. The average molecular weight is 311 g/mol. The summed E-state index contributed by atoms with van der Waals surface area (Å²) in [6.45, 7) is 3.79. The van der Waals surface area contributed by atoms with Crippen LogP contribution in [-0.4, -0.2) is 34.1 Å². The summed E-state index contributed by atoms with van der Waals surface area (Å²) < 4.78 is 8.78. The van der Waals surface area contributed by atoms with Gasteiger partial charge in [-0.25, -0.2) is 4.79 Å². The number of carbonyl (C=O) groups excluding carboxylic acids is 2. The van der Waals surface area contributed by atoms with Gasteiger partial charge in [0.2, 0.25) is 0 Å². The molecule has 116 valence electrons. The number of ether oxygens (including phenoxy) is 1. The van der Waals surface area contributed by atoms with Crippen LogP contribution in [0.5, 0.6) is 0 Å². The summed E-state index contributed by atoms with van der Waals surface area (Å²) in [6, 6.07) is 0.196. The van der Waals surface area contributed by atoms with Crippen LogP contribution in [0.2, 0.25) is 0 Å². The Morgan fingerprint density at radius 3 is 2.86 bits per heavy atom. The maximum atomic E-state index is 11.9. The molecule has 1 saturated carbocycles. The molecule has 1 fully saturated rings. The van der Waals surface area contributed by atoms with Crippen LogP contribution in [0.4, 0.5) is 0 Å². The zero-order valence-electron chi connectivity index (χ0n) is 12.4. The Hall–Kier alpha value is -1.50. The SMILES string of the molecule is CCc1nnsc1C(=O)OCC(=O)N[C@@H]1CCCC[C@@H]1C. The number of amides is 1. The predicted molar refractivity (Wildman–Crippen MR) is 79.1 cm³/mol. The quantitative estimate of drug-likeness (QED) is 0.841. The van der Waals surface area contributed by atoms with Crippen molar-refractivity contribution >= 4 is 23.4 Å². The van der Waals surface area contributed by atoms with Crippen molar-refractivity contribution < 1.29 is 14.3 Å². The van der Waals surface area contributed by atoms with Gasteiger partial charge >= 0.3 is 5.97 Å². The molecule has 0 bridgehead atoms. The van der Waals surface area contributed by atoms with Crippen molar-refractivity contribution in [2.24, 2.45) is 5.92 Å². The van der Waals surface area contributed by atoms with Gasteiger partial charge in [-0.1, -0.05) is 31.2 Å². The summed E-state index contributed by atoms with van der Waals surface area (Å²) >= 11 is 1.00. The number of aryl methyl sites for hydroxylation is 1. The monoisotopic (exact) mass is 311 g/mol. The molecule has 0 saturated heterocycles. The van der Waals surface area contributed by atoms with Crippen molar-refractivity contribution in [1.29, 1.82) is 0 Å². The van der Waals surface area contributed by atoms with E-state index in [9.17, 15) is 9.59 Å². The number of nitrogens with zero attached hydrogens (tertiary/aromatic N) is 2. The van der Waals surface area contributed by atoms with E-state index in [0.29, 0.717) is 22.9 Å². The van der Waals surface area contributed by atoms with Gasteiger partial charge in [-0.15, -0.1) is 5.10 Å². The summed E-state index contributed by atoms with van der Waals surface area (Å²) in [4.78, 5) is 24.1. The van der Waals surface area contributed by atoms with Crippen LogP contribution in [-0.2, 0) is 16.0 Å². The minimum Gasteiger partial charge on any atom is -0.451 e. The third kappa shape index (κ3) is 4.23. The molecule has 1 heterocycles. The summed E-state index contributed by atoms with van der Waals surface area (Å²) in [5.41, 5.74) is 0.617. The molecule has 7 heteroatoms. The molecule has 6 nitrogen and oxygen atoms in total. The molecule has 0 aliphatic heterocycles. The van der Waals surface area contributed by atoms with Crippen LogP contribution < -0.4 is 5.32 Å². The number of hydrogen-bond donors (Lipinski definition) is 1. The molecular weight excluding hydrogens is 290 g/mol. The van der Waals surface area contributed by atoms with E-state index < -0.39 is 5.97 Å². The smallest absolute Gasteiger partial charge is 0.352 e. The highest BCUT2D eigenvalue weighted by atomic mass is 32.1. The first kappa shape index (κ1) is 15.9. The summed E-state index contributed by atoms with van der Waals surface area (Å²) in [6.07, 6.45) is 5.12. The van der Waals surface area contributed by atoms with Crippen LogP contribution >= 0.6 is 11.5 Å². The van der Waals surface area contributed by atoms with Gasteiger partial charge in [0.1, 0.15) is 0 Å². The number of carbonyl (C=O) groups is 2. The van der Waals surface area contributed by atoms with Gasteiger partial charge in [0.25, 0.3) is 5.91 Å². The Labute approximate surface area is 128 Å². The van der Waals surface area contributed by atoms with Gasteiger partial charge in [0, 0.05) is 6.04 Å². The molecule has 2 atom stereocenters. The first-order valence-corrected chi connectivity index (χ1v) is 8.16. The second-order valence-corrected chi connectivity index (χ2v) is 6.17. The van der Waals surface area contributed by atoms with E-state index in [-0.39, 0.29) is 18.6 Å². The Bertz CT molecular complexity index is 503. The fourth-order valence-corrected chi connectivity index (χ4v) is 3.22. The summed E-state index contributed by atoms with van der Waals surface area (Å²) in [5.74, 6) is -0.276.